The van der Waals surface area contributed by atoms with E-state index >= 15 is 0 Å². The predicted octanol–water partition coefficient (Wildman–Crippen LogP) is 3.24. The first-order valence-corrected chi connectivity index (χ1v) is 7.14. The zero-order chi connectivity index (χ0) is 13.3. The Morgan fingerprint density at radius 3 is 2.94 bits per heavy atom. The molecule has 1 N–H and O–H groups in total. The molecule has 1 aromatic carbocycles. The van der Waals surface area contributed by atoms with Gasteiger partial charge in [-0.1, -0.05) is 22.9 Å². The summed E-state index contributed by atoms with van der Waals surface area (Å²) in [4.78, 5) is 14.1. The van der Waals surface area contributed by atoms with Crippen LogP contribution in [0.2, 0.25) is 0 Å². The Bertz CT molecular complexity index is 466. The second kappa shape index (κ2) is 5.49. The van der Waals surface area contributed by atoms with Crippen molar-refractivity contribution in [1.29, 1.82) is 0 Å². The lowest BCUT2D eigenvalue weighted by Crippen LogP contribution is -2.43. The average Bonchev–Trinajstić information content (AvgIpc) is 2.35. The van der Waals surface area contributed by atoms with E-state index in [9.17, 15) is 9.90 Å². The van der Waals surface area contributed by atoms with Gasteiger partial charge in [0.05, 0.1) is 5.56 Å². The van der Waals surface area contributed by atoms with Gasteiger partial charge in [-0.2, -0.15) is 0 Å². The topological polar surface area (TPSA) is 40.5 Å². The fraction of sp³-hybridized carbons (Fsp3) is 0.462. The third-order valence-corrected chi connectivity index (χ3v) is 4.42. The largest absolute Gasteiger partial charge is 0.507 e. The number of likely N-dealkylation sites (tertiary alicyclic amines) is 1. The van der Waals surface area contributed by atoms with Crippen LogP contribution in [0.3, 0.4) is 0 Å². The molecule has 2 rings (SSSR count). The summed E-state index contributed by atoms with van der Waals surface area (Å²) in [5.74, 6) is 0.159. The summed E-state index contributed by atoms with van der Waals surface area (Å²) in [7, 11) is 0. The second-order valence-electron chi connectivity index (χ2n) is 4.69. The fourth-order valence-corrected chi connectivity index (χ4v) is 2.69. The maximum atomic E-state index is 12.3. The van der Waals surface area contributed by atoms with Crippen LogP contribution in [0.1, 0.15) is 23.7 Å². The number of phenolic OH excluding ortho intramolecular Hbond substituents is 1. The highest BCUT2D eigenvalue weighted by molar-refractivity contribution is 9.10. The van der Waals surface area contributed by atoms with Crippen LogP contribution in [-0.2, 0) is 0 Å². The van der Waals surface area contributed by atoms with Crippen LogP contribution in [0.4, 0.5) is 0 Å². The molecule has 1 aromatic rings. The molecule has 0 aromatic heterocycles. The third-order valence-electron chi connectivity index (χ3n) is 3.28. The first-order chi connectivity index (χ1) is 8.49. The SMILES string of the molecule is CC1CN(C(=O)c2cc(Br)ccc2O)CCC1Cl. The van der Waals surface area contributed by atoms with E-state index in [0.717, 1.165) is 10.9 Å². The van der Waals surface area contributed by atoms with Crippen molar-refractivity contribution in [3.05, 3.63) is 28.2 Å². The molecule has 1 heterocycles. The Kier molecular flexibility index (Phi) is 4.17. The summed E-state index contributed by atoms with van der Waals surface area (Å²) in [6, 6.07) is 4.88. The highest BCUT2D eigenvalue weighted by atomic mass is 79.9. The Balaban J connectivity index is 2.19. The van der Waals surface area contributed by atoms with Crippen LogP contribution in [0.15, 0.2) is 22.7 Å². The highest BCUT2D eigenvalue weighted by Gasteiger charge is 2.28. The molecule has 0 spiro atoms. The van der Waals surface area contributed by atoms with Crippen molar-refractivity contribution >= 4 is 33.4 Å². The summed E-state index contributed by atoms with van der Waals surface area (Å²) < 4.78 is 0.781. The van der Waals surface area contributed by atoms with E-state index in [1.807, 2.05) is 6.92 Å². The number of benzene rings is 1. The summed E-state index contributed by atoms with van der Waals surface area (Å²) in [5, 5.41) is 9.89. The number of aromatic hydroxyl groups is 1. The minimum absolute atomic E-state index is 0.0175. The van der Waals surface area contributed by atoms with E-state index in [1.165, 1.54) is 6.07 Å². The molecule has 1 aliphatic rings. The zero-order valence-corrected chi connectivity index (χ0v) is 12.4. The Hall–Kier alpha value is -0.740. The molecule has 98 valence electrons. The third kappa shape index (κ3) is 2.81. The quantitative estimate of drug-likeness (QED) is 0.802. The van der Waals surface area contributed by atoms with Gasteiger partial charge in [-0.3, -0.25) is 4.79 Å². The normalized spacial score (nSPS) is 24.1. The summed E-state index contributed by atoms with van der Waals surface area (Å²) in [6.07, 6.45) is 0.795. The molecular weight excluding hydrogens is 318 g/mol. The van der Waals surface area contributed by atoms with Crippen LogP contribution in [-0.4, -0.2) is 34.4 Å². The lowest BCUT2D eigenvalue weighted by molar-refractivity contribution is 0.0684. The van der Waals surface area contributed by atoms with E-state index in [1.54, 1.807) is 17.0 Å². The first-order valence-electron chi connectivity index (χ1n) is 5.91. The maximum absolute atomic E-state index is 12.3. The summed E-state index contributed by atoms with van der Waals surface area (Å²) in [5.41, 5.74) is 0.338. The molecule has 3 nitrogen and oxygen atoms in total. The van der Waals surface area contributed by atoms with Crippen LogP contribution in [0, 0.1) is 5.92 Å². The van der Waals surface area contributed by atoms with Crippen LogP contribution in [0.25, 0.3) is 0 Å². The molecule has 1 aliphatic heterocycles. The minimum Gasteiger partial charge on any atom is -0.507 e. The molecule has 0 radical (unpaired) electrons. The van der Waals surface area contributed by atoms with Crippen molar-refractivity contribution < 1.29 is 9.90 Å². The smallest absolute Gasteiger partial charge is 0.257 e. The van der Waals surface area contributed by atoms with Gasteiger partial charge in [-0.25, -0.2) is 0 Å². The van der Waals surface area contributed by atoms with Gasteiger partial charge in [0.1, 0.15) is 5.75 Å². The Morgan fingerprint density at radius 2 is 2.28 bits per heavy atom. The van der Waals surface area contributed by atoms with Gasteiger partial charge in [0, 0.05) is 22.9 Å². The van der Waals surface area contributed by atoms with Crippen molar-refractivity contribution in [2.75, 3.05) is 13.1 Å². The molecule has 2 atom stereocenters. The minimum atomic E-state index is -0.135. The van der Waals surface area contributed by atoms with Crippen LogP contribution < -0.4 is 0 Å². The molecule has 18 heavy (non-hydrogen) atoms. The highest BCUT2D eigenvalue weighted by Crippen LogP contribution is 2.27. The van der Waals surface area contributed by atoms with Gasteiger partial charge in [0.15, 0.2) is 0 Å². The molecule has 5 heteroatoms. The number of piperidine rings is 1. The van der Waals surface area contributed by atoms with Crippen molar-refractivity contribution in [2.24, 2.45) is 5.92 Å². The van der Waals surface area contributed by atoms with Gasteiger partial charge in [-0.05, 0) is 30.5 Å². The van der Waals surface area contributed by atoms with Crippen molar-refractivity contribution in [3.63, 3.8) is 0 Å². The van der Waals surface area contributed by atoms with Gasteiger partial charge < -0.3 is 10.0 Å². The summed E-state index contributed by atoms with van der Waals surface area (Å²) in [6.45, 7) is 3.32. The van der Waals surface area contributed by atoms with E-state index in [4.69, 9.17) is 11.6 Å². The number of alkyl halides is 1. The molecular formula is C13H15BrClNO2. The number of hydrogen-bond acceptors (Lipinski definition) is 2. The lowest BCUT2D eigenvalue weighted by Gasteiger charge is -2.34. The van der Waals surface area contributed by atoms with Crippen molar-refractivity contribution in [1.82, 2.24) is 4.90 Å². The monoisotopic (exact) mass is 331 g/mol. The molecule has 0 saturated carbocycles. The van der Waals surface area contributed by atoms with Crippen molar-refractivity contribution in [2.45, 2.75) is 18.7 Å². The van der Waals surface area contributed by atoms with Gasteiger partial charge in [0.2, 0.25) is 0 Å². The maximum Gasteiger partial charge on any atom is 0.257 e. The molecule has 1 fully saturated rings. The van der Waals surface area contributed by atoms with Crippen LogP contribution in [0.5, 0.6) is 5.75 Å². The number of halogens is 2. The van der Waals surface area contributed by atoms with Gasteiger partial charge >= 0.3 is 0 Å². The summed E-state index contributed by atoms with van der Waals surface area (Å²) >= 11 is 9.45. The van der Waals surface area contributed by atoms with Gasteiger partial charge in [0.25, 0.3) is 5.91 Å². The number of amides is 1. The van der Waals surface area contributed by atoms with E-state index in [-0.39, 0.29) is 23.0 Å². The number of carbonyl (C=O) groups excluding carboxylic acids is 1. The molecule has 1 saturated heterocycles. The molecule has 1 amide bonds. The van der Waals surface area contributed by atoms with E-state index < -0.39 is 0 Å². The number of rotatable bonds is 1. The van der Waals surface area contributed by atoms with E-state index in [2.05, 4.69) is 15.9 Å². The fourth-order valence-electron chi connectivity index (χ4n) is 2.15. The molecule has 0 bridgehead atoms. The average molecular weight is 333 g/mol. The van der Waals surface area contributed by atoms with Gasteiger partial charge in [-0.15, -0.1) is 11.6 Å². The second-order valence-corrected chi connectivity index (χ2v) is 6.17. The van der Waals surface area contributed by atoms with E-state index in [0.29, 0.717) is 18.7 Å². The number of phenols is 1. The van der Waals surface area contributed by atoms with Crippen LogP contribution >= 0.6 is 27.5 Å². The standard InChI is InChI=1S/C13H15BrClNO2/c1-8-7-16(5-4-11(8)15)13(18)10-6-9(14)2-3-12(10)17/h2-3,6,8,11,17H,4-5,7H2,1H3. The number of carbonyl (C=O) groups is 1. The predicted molar refractivity (Wildman–Crippen MR) is 75.1 cm³/mol. The number of hydrogen-bond donors (Lipinski definition) is 1. The first kappa shape index (κ1) is 13.7. The zero-order valence-electron chi connectivity index (χ0n) is 10.1. The Morgan fingerprint density at radius 1 is 1.56 bits per heavy atom. The number of nitrogens with zero attached hydrogens (tertiary/aromatic N) is 1. The Labute approximate surface area is 120 Å². The molecule has 2 unspecified atom stereocenters. The lowest BCUT2D eigenvalue weighted by atomic mass is 9.98. The molecule has 0 aliphatic carbocycles. The van der Waals surface area contributed by atoms with Crippen molar-refractivity contribution in [3.8, 4) is 5.75 Å².